The van der Waals surface area contributed by atoms with Crippen molar-refractivity contribution in [3.8, 4) is 17.2 Å². The van der Waals surface area contributed by atoms with Gasteiger partial charge in [0.05, 0.1) is 47.5 Å². The van der Waals surface area contributed by atoms with Gasteiger partial charge in [-0.15, -0.1) is 0 Å². The number of methoxy groups -OCH3 is 2. The Kier molecular flexibility index (Phi) is 11.4. The van der Waals surface area contributed by atoms with Crippen LogP contribution in [0.2, 0.25) is 0 Å². The molecular weight excluding hydrogens is 813 g/mol. The van der Waals surface area contributed by atoms with Crippen LogP contribution in [-0.2, 0) is 34.9 Å². The maximum absolute atomic E-state index is 14.2. The zero-order valence-electron chi connectivity index (χ0n) is 32.3. The minimum Gasteiger partial charge on any atom is -0.507 e. The van der Waals surface area contributed by atoms with Crippen molar-refractivity contribution in [3.63, 3.8) is 0 Å². The first kappa shape index (κ1) is 41.4. The number of phenols is 2. The fraction of sp³-hybridized carbons (Fsp3) is 0.487. The summed E-state index contributed by atoms with van der Waals surface area (Å²) >= 11 is 0. The molecule has 1 amide bonds. The fourth-order valence-electron chi connectivity index (χ4n) is 8.60. The van der Waals surface area contributed by atoms with Gasteiger partial charge in [-0.2, -0.15) is 0 Å². The number of hydrogen-bond acceptors (Lipinski definition) is 18. The maximum Gasteiger partial charge on any atom is 0.287 e. The molecular formula is C39H42N4O14S2. The van der Waals surface area contributed by atoms with Crippen molar-refractivity contribution in [2.45, 2.75) is 92.1 Å². The molecule has 2 aliphatic carbocycles. The summed E-state index contributed by atoms with van der Waals surface area (Å²) in [4.78, 5) is 58.9. The zero-order chi connectivity index (χ0) is 41.9. The molecule has 4 heterocycles. The Balaban J connectivity index is 1.09. The quantitative estimate of drug-likeness (QED) is 0.0732. The van der Waals surface area contributed by atoms with Crippen molar-refractivity contribution < 1.29 is 63.0 Å². The Morgan fingerprint density at radius 1 is 1.14 bits per heavy atom. The number of phenolic OH excluding ortho intramolecular Hbond substituents is 2. The number of aromatic hydroxyl groups is 2. The van der Waals surface area contributed by atoms with Crippen LogP contribution in [0.5, 0.6) is 17.2 Å². The number of fused-ring (bicyclic) bond motifs is 6. The number of morpholine rings is 1. The molecule has 0 spiro atoms. The Morgan fingerprint density at radius 2 is 1.92 bits per heavy atom. The van der Waals surface area contributed by atoms with Crippen molar-refractivity contribution in [3.05, 3.63) is 80.0 Å². The van der Waals surface area contributed by atoms with Gasteiger partial charge in [0, 0.05) is 73.5 Å². The van der Waals surface area contributed by atoms with E-state index in [-0.39, 0.29) is 64.1 Å². The highest BCUT2D eigenvalue weighted by atomic mass is 33.1. The number of nitro groups is 1. The third kappa shape index (κ3) is 7.33. The van der Waals surface area contributed by atoms with Crippen LogP contribution in [0.3, 0.4) is 0 Å². The molecule has 3 fully saturated rings. The number of aliphatic hydroxyl groups is 1. The Hall–Kier alpha value is -4.38. The Labute approximate surface area is 345 Å². The van der Waals surface area contributed by atoms with Crippen molar-refractivity contribution in [2.75, 3.05) is 33.9 Å². The van der Waals surface area contributed by atoms with Gasteiger partial charge in [0.25, 0.3) is 11.6 Å². The smallest absolute Gasteiger partial charge is 0.287 e. The van der Waals surface area contributed by atoms with Gasteiger partial charge >= 0.3 is 0 Å². The number of hydrogen-bond donors (Lipinski definition) is 4. The first-order chi connectivity index (χ1) is 28.2. The number of aromatic nitrogens is 1. The molecule has 1 aromatic heterocycles. The van der Waals surface area contributed by atoms with E-state index < -0.39 is 94.5 Å². The lowest BCUT2D eigenvalue weighted by molar-refractivity contribution is -0.385. The SMILES string of the molecule is COc1cccc2c1C(=O)c1c(O)c3c(c(O)c1C2=O)C[C@@](O)(C(=O)NC[C@H](C)SSc1ccc([N+](=O)[O-])cn1)C[C@@H]3O[C@H]1C[C@H]2[C@H](O[C@@H]3[C@@H](OC)OCCN32)[C@H](C)O1. The lowest BCUT2D eigenvalue weighted by Crippen LogP contribution is -2.55. The lowest BCUT2D eigenvalue weighted by atomic mass is 9.72. The molecule has 5 aliphatic rings. The number of ether oxygens (including phenoxy) is 6. The molecule has 0 unspecified atom stereocenters. The van der Waals surface area contributed by atoms with Crippen LogP contribution in [0.15, 0.2) is 41.6 Å². The average Bonchev–Trinajstić information content (AvgIpc) is 3.61. The molecule has 3 aromatic rings. The van der Waals surface area contributed by atoms with Gasteiger partial charge < -0.3 is 49.1 Å². The molecule has 0 radical (unpaired) electrons. The number of carbonyl (C=O) groups excluding carboxylic acids is 3. The van der Waals surface area contributed by atoms with E-state index >= 15 is 0 Å². The summed E-state index contributed by atoms with van der Waals surface area (Å²) in [5.41, 5.74) is -3.60. The highest BCUT2D eigenvalue weighted by Crippen LogP contribution is 2.53. The van der Waals surface area contributed by atoms with E-state index in [4.69, 9.17) is 28.4 Å². The molecule has 3 saturated heterocycles. The molecule has 3 aliphatic heterocycles. The summed E-state index contributed by atoms with van der Waals surface area (Å²) in [7, 11) is 5.48. The van der Waals surface area contributed by atoms with Crippen LogP contribution in [-0.4, -0.2) is 129 Å². The predicted octanol–water partition coefficient (Wildman–Crippen LogP) is 3.40. The van der Waals surface area contributed by atoms with Crippen molar-refractivity contribution in [1.82, 2.24) is 15.2 Å². The monoisotopic (exact) mass is 854 g/mol. The first-order valence-electron chi connectivity index (χ1n) is 18.9. The summed E-state index contributed by atoms with van der Waals surface area (Å²) in [6.07, 6.45) is -3.80. The molecule has 314 valence electrons. The number of rotatable bonds is 11. The van der Waals surface area contributed by atoms with Crippen molar-refractivity contribution in [1.29, 1.82) is 0 Å². The van der Waals surface area contributed by atoms with E-state index in [2.05, 4.69) is 15.2 Å². The van der Waals surface area contributed by atoms with Crippen molar-refractivity contribution >= 4 is 44.7 Å². The van der Waals surface area contributed by atoms with E-state index in [0.29, 0.717) is 18.2 Å². The van der Waals surface area contributed by atoms with Crippen LogP contribution in [0.4, 0.5) is 5.69 Å². The number of nitrogens with one attached hydrogen (secondary N) is 1. The fourth-order valence-corrected chi connectivity index (χ4v) is 10.5. The minimum atomic E-state index is -2.24. The molecule has 2 aromatic carbocycles. The van der Waals surface area contributed by atoms with Gasteiger partial charge in [0.15, 0.2) is 24.6 Å². The Morgan fingerprint density at radius 3 is 2.63 bits per heavy atom. The van der Waals surface area contributed by atoms with Gasteiger partial charge in [-0.1, -0.05) is 29.9 Å². The summed E-state index contributed by atoms with van der Waals surface area (Å²) in [5, 5.41) is 50.3. The highest BCUT2D eigenvalue weighted by Gasteiger charge is 2.55. The normalized spacial score (nSPS) is 29.1. The summed E-state index contributed by atoms with van der Waals surface area (Å²) in [5.74, 6) is -3.50. The number of pyridine rings is 1. The lowest BCUT2D eigenvalue weighted by Gasteiger charge is -2.43. The van der Waals surface area contributed by atoms with E-state index in [9.17, 15) is 39.8 Å². The summed E-state index contributed by atoms with van der Waals surface area (Å²) < 4.78 is 35.9. The van der Waals surface area contributed by atoms with E-state index in [1.165, 1.54) is 66.1 Å². The molecule has 20 heteroatoms. The van der Waals surface area contributed by atoms with E-state index in [1.54, 1.807) is 0 Å². The zero-order valence-corrected chi connectivity index (χ0v) is 33.9. The summed E-state index contributed by atoms with van der Waals surface area (Å²) in [6, 6.07) is 7.11. The van der Waals surface area contributed by atoms with Gasteiger partial charge in [-0.05, 0) is 29.9 Å². The predicted molar refractivity (Wildman–Crippen MR) is 208 cm³/mol. The maximum atomic E-state index is 14.2. The van der Waals surface area contributed by atoms with Crippen LogP contribution < -0.4 is 10.1 Å². The third-order valence-corrected chi connectivity index (χ3v) is 14.2. The second-order valence-electron chi connectivity index (χ2n) is 15.0. The second kappa shape index (κ2) is 16.2. The molecule has 0 bridgehead atoms. The second-order valence-corrected chi connectivity index (χ2v) is 17.7. The largest absolute Gasteiger partial charge is 0.507 e. The number of nitrogens with zero attached hydrogens (tertiary/aromatic N) is 3. The topological polar surface area (TPSA) is 239 Å². The number of benzene rings is 2. The average molecular weight is 855 g/mol. The minimum absolute atomic E-state index is 0.0449. The molecule has 59 heavy (non-hydrogen) atoms. The van der Waals surface area contributed by atoms with Crippen LogP contribution in [0.25, 0.3) is 0 Å². The van der Waals surface area contributed by atoms with Crippen molar-refractivity contribution in [2.24, 2.45) is 0 Å². The van der Waals surface area contributed by atoms with E-state index in [0.717, 1.165) is 6.20 Å². The Bertz CT molecular complexity index is 2190. The first-order valence-corrected chi connectivity index (χ1v) is 21.1. The van der Waals surface area contributed by atoms with Gasteiger partial charge in [0.1, 0.15) is 40.2 Å². The highest BCUT2D eigenvalue weighted by molar-refractivity contribution is 8.76. The number of ketones is 2. The number of carbonyl (C=O) groups is 3. The van der Waals surface area contributed by atoms with Crippen LogP contribution in [0, 0.1) is 10.1 Å². The molecule has 18 nitrogen and oxygen atoms in total. The molecule has 9 atom stereocenters. The molecule has 0 saturated carbocycles. The van der Waals surface area contributed by atoms with Crippen LogP contribution >= 0.6 is 21.6 Å². The van der Waals surface area contributed by atoms with Crippen LogP contribution in [0.1, 0.15) is 75.8 Å². The standard InChI is InChI=1S/C39H42N4O14S2/c1-17(58-59-25-9-8-19(16-40-25)43(50)51)15-41-38(48)39(49)13-21-28(34(47)30-29(32(21)45)31(44)20-6-5-7-23(52-3)27(20)33(30)46)24(14-39)56-26-12-22-35(18(2)55-26)57-36-37(53-4)54-11-10-42(22)36/h5-9,16-18,22,24,26,35-37,45,47,49H,10-15H2,1-4H3,(H,41,48)/t17-,18-,22-,24-,26-,35+,36+,37-,39-/m0/s1. The third-order valence-electron chi connectivity index (χ3n) is 11.4. The van der Waals surface area contributed by atoms with Gasteiger partial charge in [-0.3, -0.25) is 29.4 Å². The number of amides is 1. The molecule has 8 rings (SSSR count). The van der Waals surface area contributed by atoms with Gasteiger partial charge in [0.2, 0.25) is 5.78 Å². The summed E-state index contributed by atoms with van der Waals surface area (Å²) in [6.45, 7) is 4.70. The van der Waals surface area contributed by atoms with E-state index in [1.807, 2.05) is 13.8 Å². The van der Waals surface area contributed by atoms with Gasteiger partial charge in [-0.25, -0.2) is 4.98 Å². The molecule has 4 N–H and O–H groups in total.